The van der Waals surface area contributed by atoms with E-state index in [2.05, 4.69) is 37.0 Å². The molecule has 5 rings (SSSR count). The van der Waals surface area contributed by atoms with Crippen molar-refractivity contribution in [3.05, 3.63) is 53.5 Å². The third-order valence-corrected chi connectivity index (χ3v) is 6.17. The van der Waals surface area contributed by atoms with Gasteiger partial charge >= 0.3 is 6.18 Å². The molecule has 0 bridgehead atoms. The van der Waals surface area contributed by atoms with Gasteiger partial charge in [-0.15, -0.1) is 4.99 Å². The Morgan fingerprint density at radius 2 is 2.03 bits per heavy atom. The predicted octanol–water partition coefficient (Wildman–Crippen LogP) is 3.53. The average Bonchev–Trinajstić information content (AvgIpc) is 3.24. The summed E-state index contributed by atoms with van der Waals surface area (Å²) < 4.78 is 44.9. The third kappa shape index (κ3) is 3.95. The molecule has 2 N–H and O–H groups in total. The van der Waals surface area contributed by atoms with E-state index >= 15 is 0 Å². The van der Waals surface area contributed by atoms with Crippen LogP contribution in [0.15, 0.2) is 41.7 Å². The molecule has 1 aromatic carbocycles. The lowest BCUT2D eigenvalue weighted by molar-refractivity contribution is -0.365. The molecule has 3 aromatic rings. The number of fused-ring (bicyclic) bond motifs is 2. The van der Waals surface area contributed by atoms with Gasteiger partial charge in [-0.1, -0.05) is 29.2 Å². The zero-order valence-corrected chi connectivity index (χ0v) is 16.8. The van der Waals surface area contributed by atoms with E-state index < -0.39 is 11.9 Å². The number of aromatic amines is 2. The van der Waals surface area contributed by atoms with E-state index in [-0.39, 0.29) is 17.6 Å². The van der Waals surface area contributed by atoms with Crippen molar-refractivity contribution in [2.45, 2.75) is 31.0 Å². The zero-order valence-electron chi connectivity index (χ0n) is 16.8. The van der Waals surface area contributed by atoms with E-state index in [1.165, 1.54) is 17.5 Å². The largest absolute Gasteiger partial charge is 0.431 e. The molecule has 31 heavy (non-hydrogen) atoms. The van der Waals surface area contributed by atoms with Gasteiger partial charge in [0.1, 0.15) is 11.1 Å². The van der Waals surface area contributed by atoms with Gasteiger partial charge in [-0.3, -0.25) is 4.90 Å². The number of aliphatic imine (C=N–C) groups is 1. The molecule has 2 atom stereocenters. The van der Waals surface area contributed by atoms with Crippen LogP contribution in [-0.2, 0) is 17.3 Å². The molecular formula is C22H23F3N5O+. The molecule has 0 spiro atoms. The van der Waals surface area contributed by atoms with Crippen LogP contribution >= 0.6 is 0 Å². The summed E-state index contributed by atoms with van der Waals surface area (Å²) in [6.07, 6.45) is 0.779. The number of morpholine rings is 1. The van der Waals surface area contributed by atoms with Gasteiger partial charge < -0.3 is 9.72 Å². The normalized spacial score (nSPS) is 22.8. The lowest BCUT2D eigenvalue weighted by Gasteiger charge is -2.40. The number of H-pyrrole nitrogens is 2. The molecule has 3 heterocycles. The van der Waals surface area contributed by atoms with E-state index in [0.29, 0.717) is 24.4 Å². The smallest absolute Gasteiger partial charge is 0.379 e. The summed E-state index contributed by atoms with van der Waals surface area (Å²) in [6, 6.07) is 9.67. The molecule has 2 aromatic heterocycles. The molecule has 0 amide bonds. The van der Waals surface area contributed by atoms with Crippen LogP contribution in [0.4, 0.5) is 19.0 Å². The van der Waals surface area contributed by atoms with Crippen molar-refractivity contribution in [3.8, 4) is 0 Å². The maximum atomic E-state index is 13.1. The molecule has 1 aliphatic carbocycles. The quantitative estimate of drug-likeness (QED) is 0.647. The van der Waals surface area contributed by atoms with Gasteiger partial charge in [-0.2, -0.15) is 13.2 Å². The highest BCUT2D eigenvalue weighted by atomic mass is 19.4. The Labute approximate surface area is 177 Å². The Morgan fingerprint density at radius 1 is 1.23 bits per heavy atom. The van der Waals surface area contributed by atoms with E-state index in [9.17, 15) is 13.2 Å². The number of hydrogen-bond acceptors (Lipinski definition) is 4. The number of rotatable bonds is 3. The van der Waals surface area contributed by atoms with Gasteiger partial charge in [-0.05, 0) is 30.0 Å². The fraction of sp³-hybridized carbons (Fsp3) is 0.409. The maximum Gasteiger partial charge on any atom is 0.431 e. The number of nitrogens with zero attached hydrogens (tertiary/aromatic N) is 3. The Morgan fingerprint density at radius 3 is 2.84 bits per heavy atom. The van der Waals surface area contributed by atoms with Crippen LogP contribution in [-0.4, -0.2) is 53.4 Å². The van der Waals surface area contributed by atoms with Gasteiger partial charge in [0, 0.05) is 19.1 Å². The van der Waals surface area contributed by atoms with Crippen molar-refractivity contribution in [3.63, 3.8) is 0 Å². The summed E-state index contributed by atoms with van der Waals surface area (Å²) in [4.78, 5) is 16.3. The second-order valence-corrected chi connectivity index (χ2v) is 7.95. The third-order valence-electron chi connectivity index (χ3n) is 6.17. The fourth-order valence-electron chi connectivity index (χ4n) is 4.65. The summed E-state index contributed by atoms with van der Waals surface area (Å²) in [6.45, 7) is 3.17. The molecule has 1 unspecified atom stereocenters. The summed E-state index contributed by atoms with van der Waals surface area (Å²) in [7, 11) is 0. The van der Waals surface area contributed by atoms with Crippen molar-refractivity contribution in [2.75, 3.05) is 26.3 Å². The summed E-state index contributed by atoms with van der Waals surface area (Å²) >= 11 is 0. The molecule has 6 nitrogen and oxygen atoms in total. The number of benzene rings is 1. The lowest BCUT2D eigenvalue weighted by atomic mass is 9.79. The second kappa shape index (κ2) is 8.05. The summed E-state index contributed by atoms with van der Waals surface area (Å²) in [5, 5.41) is 0.318. The highest BCUT2D eigenvalue weighted by molar-refractivity contribution is 5.87. The second-order valence-electron chi connectivity index (χ2n) is 7.95. The van der Waals surface area contributed by atoms with Crippen LogP contribution in [0.1, 0.15) is 29.2 Å². The number of alkyl halides is 3. The van der Waals surface area contributed by atoms with E-state index in [4.69, 9.17) is 4.74 Å². The van der Waals surface area contributed by atoms with Crippen molar-refractivity contribution in [1.82, 2.24) is 14.9 Å². The summed E-state index contributed by atoms with van der Waals surface area (Å²) in [5.41, 5.74) is 1.85. The Kier molecular flexibility index (Phi) is 5.23. The number of aromatic nitrogens is 3. The molecule has 1 saturated heterocycles. The van der Waals surface area contributed by atoms with Gasteiger partial charge in [0.15, 0.2) is 0 Å². The van der Waals surface area contributed by atoms with Gasteiger partial charge in [-0.25, -0.2) is 4.98 Å². The average molecular weight is 430 g/mol. The topological polar surface area (TPSA) is 67.7 Å². The Hall–Kier alpha value is -2.78. The molecule has 0 saturated carbocycles. The van der Waals surface area contributed by atoms with Gasteiger partial charge in [0.25, 0.3) is 5.82 Å². The molecule has 162 valence electrons. The SMILES string of the molecule is FC(F)(F)c1cc2c(/N=C\C3c4ccccc4CC[C@@H]3N3CCOCC3)[nH+]cnc2[nH]1. The first-order valence-electron chi connectivity index (χ1n) is 10.4. The first-order valence-corrected chi connectivity index (χ1v) is 10.4. The van der Waals surface area contributed by atoms with Crippen LogP contribution in [0.5, 0.6) is 0 Å². The van der Waals surface area contributed by atoms with Crippen LogP contribution < -0.4 is 4.98 Å². The zero-order chi connectivity index (χ0) is 21.4. The fourth-order valence-corrected chi connectivity index (χ4v) is 4.65. The highest BCUT2D eigenvalue weighted by Crippen LogP contribution is 2.36. The number of hydrogen-bond donors (Lipinski definition) is 1. The number of halogens is 3. The molecule has 1 fully saturated rings. The van der Waals surface area contributed by atoms with Gasteiger partial charge in [0.05, 0.1) is 25.3 Å². The van der Waals surface area contributed by atoms with Crippen LogP contribution in [0.2, 0.25) is 0 Å². The number of nitrogens with one attached hydrogen (secondary N) is 2. The van der Waals surface area contributed by atoms with E-state index in [1.54, 1.807) is 0 Å². The Bertz CT molecular complexity index is 1100. The molecule has 1 aliphatic heterocycles. The number of ether oxygens (including phenoxy) is 1. The maximum absolute atomic E-state index is 13.1. The minimum absolute atomic E-state index is 0.0423. The lowest BCUT2D eigenvalue weighted by Crippen LogP contribution is -2.48. The minimum Gasteiger partial charge on any atom is -0.379 e. The first-order chi connectivity index (χ1) is 15.0. The van der Waals surface area contributed by atoms with Crippen molar-refractivity contribution in [1.29, 1.82) is 0 Å². The van der Waals surface area contributed by atoms with E-state index in [1.807, 2.05) is 18.3 Å². The first kappa shape index (κ1) is 20.1. The Balaban J connectivity index is 1.52. The minimum atomic E-state index is -4.47. The highest BCUT2D eigenvalue weighted by Gasteiger charge is 2.35. The van der Waals surface area contributed by atoms with Crippen LogP contribution in [0.3, 0.4) is 0 Å². The van der Waals surface area contributed by atoms with Crippen molar-refractivity contribution < 1.29 is 22.9 Å². The monoisotopic (exact) mass is 430 g/mol. The van der Waals surface area contributed by atoms with Crippen LogP contribution in [0.25, 0.3) is 11.0 Å². The standard InChI is InChI=1S/C22H22F3N5O/c23-22(24,25)19-11-16-20(27-13-28-21(16)29-19)26-12-17-15-4-2-1-3-14(15)5-6-18(17)30-7-9-31-10-8-30/h1-4,11-13,17-18H,5-10H2,(H,27,28,29)/p+1/b26-12-/t17?,18-/m0/s1. The summed E-state index contributed by atoms with van der Waals surface area (Å²) in [5.74, 6) is 0.404. The molecule has 0 radical (unpaired) electrons. The van der Waals surface area contributed by atoms with Crippen LogP contribution in [0, 0.1) is 0 Å². The van der Waals surface area contributed by atoms with Crippen molar-refractivity contribution >= 4 is 23.1 Å². The predicted molar refractivity (Wildman–Crippen MR) is 109 cm³/mol. The molecule has 2 aliphatic rings. The molecular weight excluding hydrogens is 407 g/mol. The van der Waals surface area contributed by atoms with Gasteiger partial charge in [0.2, 0.25) is 12.0 Å². The van der Waals surface area contributed by atoms with E-state index in [0.717, 1.165) is 32.0 Å². The number of aryl methyl sites for hydroxylation is 1. The molecule has 9 heteroatoms. The van der Waals surface area contributed by atoms with Crippen molar-refractivity contribution in [2.24, 2.45) is 4.99 Å².